The number of benzene rings is 2. The molecule has 1 N–H and O–H groups in total. The molecule has 3 nitrogen and oxygen atoms in total. The first-order chi connectivity index (χ1) is 10.3. The Morgan fingerprint density at radius 1 is 1.14 bits per heavy atom. The molecule has 2 aromatic rings. The van der Waals surface area contributed by atoms with E-state index in [2.05, 4.69) is 5.32 Å². The molecule has 0 saturated carbocycles. The van der Waals surface area contributed by atoms with Gasteiger partial charge in [0.1, 0.15) is 12.4 Å². The van der Waals surface area contributed by atoms with Crippen LogP contribution >= 0.6 is 11.6 Å². The van der Waals surface area contributed by atoms with E-state index in [9.17, 15) is 4.79 Å². The van der Waals surface area contributed by atoms with E-state index >= 15 is 0 Å². The van der Waals surface area contributed by atoms with Gasteiger partial charge >= 0.3 is 0 Å². The van der Waals surface area contributed by atoms with Crippen LogP contribution in [0.5, 0.6) is 5.75 Å². The molecule has 2 aromatic carbocycles. The Morgan fingerprint density at radius 2 is 1.86 bits per heavy atom. The maximum absolute atomic E-state index is 12.2. The van der Waals surface area contributed by atoms with Crippen molar-refractivity contribution in [2.24, 2.45) is 0 Å². The Labute approximate surface area is 136 Å². The van der Waals surface area contributed by atoms with E-state index < -0.39 is 0 Å². The smallest absolute Gasteiger partial charge is 0.251 e. The number of carbonyl (C=O) groups excluding carboxylic acids is 1. The van der Waals surface area contributed by atoms with Gasteiger partial charge in [0.2, 0.25) is 0 Å². The van der Waals surface area contributed by atoms with E-state index in [1.54, 1.807) is 12.1 Å². The normalized spacial score (nSPS) is 11.1. The summed E-state index contributed by atoms with van der Waals surface area (Å²) in [4.78, 5) is 12.2. The summed E-state index contributed by atoms with van der Waals surface area (Å²) in [5.74, 6) is 0.542. The zero-order valence-corrected chi connectivity index (χ0v) is 13.8. The second-order valence-corrected chi connectivity index (χ2v) is 6.53. The predicted octanol–water partition coefficient (Wildman–Crippen LogP) is 4.45. The Morgan fingerprint density at radius 3 is 2.55 bits per heavy atom. The lowest BCUT2D eigenvalue weighted by atomic mass is 10.1. The molecule has 0 saturated heterocycles. The zero-order valence-electron chi connectivity index (χ0n) is 13.0. The topological polar surface area (TPSA) is 38.3 Å². The lowest BCUT2D eigenvalue weighted by Gasteiger charge is -2.20. The van der Waals surface area contributed by atoms with Gasteiger partial charge in [-0.2, -0.15) is 0 Å². The number of rotatable bonds is 4. The molecule has 0 radical (unpaired) electrons. The van der Waals surface area contributed by atoms with Crippen LogP contribution in [0.3, 0.4) is 0 Å². The minimum absolute atomic E-state index is 0.0907. The first-order valence-electron chi connectivity index (χ1n) is 7.14. The van der Waals surface area contributed by atoms with E-state index in [-0.39, 0.29) is 11.4 Å². The van der Waals surface area contributed by atoms with Crippen LogP contribution in [0.2, 0.25) is 5.02 Å². The Balaban J connectivity index is 2.06. The minimum atomic E-state index is -0.263. The Kier molecular flexibility index (Phi) is 5.09. The summed E-state index contributed by atoms with van der Waals surface area (Å²) in [5, 5.41) is 3.52. The van der Waals surface area contributed by atoms with Crippen LogP contribution in [0.15, 0.2) is 48.5 Å². The molecule has 0 fully saturated rings. The van der Waals surface area contributed by atoms with Gasteiger partial charge in [-0.25, -0.2) is 0 Å². The van der Waals surface area contributed by atoms with Crippen LogP contribution in [-0.4, -0.2) is 11.4 Å². The van der Waals surface area contributed by atoms with Crippen LogP contribution in [-0.2, 0) is 6.61 Å². The number of nitrogens with one attached hydrogen (secondary N) is 1. The molecule has 0 bridgehead atoms. The van der Waals surface area contributed by atoms with E-state index in [4.69, 9.17) is 16.3 Å². The highest BCUT2D eigenvalue weighted by atomic mass is 35.5. The van der Waals surface area contributed by atoms with Gasteiger partial charge in [-0.05, 0) is 50.6 Å². The molecule has 1 amide bonds. The first kappa shape index (κ1) is 16.4. The third-order valence-corrected chi connectivity index (χ3v) is 3.22. The van der Waals surface area contributed by atoms with Crippen molar-refractivity contribution in [3.8, 4) is 5.75 Å². The third-order valence-electron chi connectivity index (χ3n) is 2.91. The summed E-state index contributed by atoms with van der Waals surface area (Å²) in [6.07, 6.45) is 0. The maximum atomic E-state index is 12.2. The lowest BCUT2D eigenvalue weighted by molar-refractivity contribution is 0.0919. The van der Waals surface area contributed by atoms with Crippen LogP contribution in [0, 0.1) is 0 Å². The fourth-order valence-corrected chi connectivity index (χ4v) is 2.13. The predicted molar refractivity (Wildman–Crippen MR) is 89.4 cm³/mol. The largest absolute Gasteiger partial charge is 0.487 e. The van der Waals surface area contributed by atoms with Crippen molar-refractivity contribution in [2.45, 2.75) is 32.9 Å². The second-order valence-electron chi connectivity index (χ2n) is 6.12. The monoisotopic (exact) mass is 317 g/mol. The zero-order chi connectivity index (χ0) is 16.2. The molecule has 0 aromatic heterocycles. The molecule has 2 rings (SSSR count). The fourth-order valence-electron chi connectivity index (χ4n) is 1.94. The third kappa shape index (κ3) is 4.78. The van der Waals surface area contributed by atoms with Crippen molar-refractivity contribution in [2.75, 3.05) is 0 Å². The van der Waals surface area contributed by atoms with Crippen LogP contribution in [0.1, 0.15) is 36.7 Å². The van der Waals surface area contributed by atoms with Crippen molar-refractivity contribution in [1.82, 2.24) is 5.32 Å². The van der Waals surface area contributed by atoms with E-state index in [0.717, 1.165) is 5.56 Å². The summed E-state index contributed by atoms with van der Waals surface area (Å²) >= 11 is 6.06. The maximum Gasteiger partial charge on any atom is 0.251 e. The number of ether oxygens (including phenoxy) is 1. The average Bonchev–Trinajstić information content (AvgIpc) is 2.45. The quantitative estimate of drug-likeness (QED) is 0.905. The van der Waals surface area contributed by atoms with Gasteiger partial charge in [0, 0.05) is 11.1 Å². The number of halogens is 1. The highest BCUT2D eigenvalue weighted by molar-refractivity contribution is 6.32. The second kappa shape index (κ2) is 6.84. The highest BCUT2D eigenvalue weighted by Gasteiger charge is 2.15. The molecule has 0 aliphatic carbocycles. The van der Waals surface area contributed by atoms with Crippen LogP contribution in [0.4, 0.5) is 0 Å². The van der Waals surface area contributed by atoms with Gasteiger partial charge in [-0.15, -0.1) is 0 Å². The van der Waals surface area contributed by atoms with Gasteiger partial charge in [0.05, 0.1) is 5.02 Å². The minimum Gasteiger partial charge on any atom is -0.487 e. The van der Waals surface area contributed by atoms with Crippen molar-refractivity contribution < 1.29 is 9.53 Å². The van der Waals surface area contributed by atoms with Gasteiger partial charge in [-0.1, -0.05) is 35.9 Å². The molecule has 4 heteroatoms. The summed E-state index contributed by atoms with van der Waals surface area (Å²) in [5.41, 5.74) is 1.28. The average molecular weight is 318 g/mol. The molecule has 0 spiro atoms. The van der Waals surface area contributed by atoms with E-state index in [1.165, 1.54) is 0 Å². The van der Waals surface area contributed by atoms with Crippen molar-refractivity contribution in [1.29, 1.82) is 0 Å². The highest BCUT2D eigenvalue weighted by Crippen LogP contribution is 2.24. The van der Waals surface area contributed by atoms with Crippen molar-refractivity contribution >= 4 is 17.5 Å². The van der Waals surface area contributed by atoms with Gasteiger partial charge in [-0.3, -0.25) is 4.79 Å². The molecular formula is C18H20ClNO2. The number of amides is 1. The molecule has 0 heterocycles. The molecule has 116 valence electrons. The number of carbonyl (C=O) groups is 1. The Bertz CT molecular complexity index is 662. The van der Waals surface area contributed by atoms with Crippen molar-refractivity contribution in [3.63, 3.8) is 0 Å². The van der Waals surface area contributed by atoms with Crippen LogP contribution < -0.4 is 10.1 Å². The summed E-state index contributed by atoms with van der Waals surface area (Å²) in [6, 6.07) is 14.7. The molecular weight excluding hydrogens is 298 g/mol. The molecule has 0 unspecified atom stereocenters. The number of hydrogen-bond acceptors (Lipinski definition) is 2. The molecule has 0 aliphatic heterocycles. The van der Waals surface area contributed by atoms with Gasteiger partial charge in [0.25, 0.3) is 5.91 Å². The first-order valence-corrected chi connectivity index (χ1v) is 7.52. The number of para-hydroxylation sites is 1. The van der Waals surface area contributed by atoms with Crippen molar-refractivity contribution in [3.05, 3.63) is 64.7 Å². The van der Waals surface area contributed by atoms with E-state index in [1.807, 2.05) is 57.2 Å². The lowest BCUT2D eigenvalue weighted by Crippen LogP contribution is -2.40. The van der Waals surface area contributed by atoms with Crippen LogP contribution in [0.25, 0.3) is 0 Å². The standard InChI is InChI=1S/C18H20ClNO2/c1-18(2,3)20-17(21)14-8-6-7-13(11-14)12-22-16-10-5-4-9-15(16)19/h4-11H,12H2,1-3H3,(H,20,21). The SMILES string of the molecule is CC(C)(C)NC(=O)c1cccc(COc2ccccc2Cl)c1. The molecule has 0 aliphatic rings. The molecule has 22 heavy (non-hydrogen) atoms. The fraction of sp³-hybridized carbons (Fsp3) is 0.278. The van der Waals surface area contributed by atoms with E-state index in [0.29, 0.717) is 22.9 Å². The summed E-state index contributed by atoms with van der Waals surface area (Å²) in [7, 11) is 0. The summed E-state index contributed by atoms with van der Waals surface area (Å²) in [6.45, 7) is 6.22. The number of hydrogen-bond donors (Lipinski definition) is 1. The summed E-state index contributed by atoms with van der Waals surface area (Å²) < 4.78 is 5.69. The van der Waals surface area contributed by atoms with Gasteiger partial charge < -0.3 is 10.1 Å². The van der Waals surface area contributed by atoms with Gasteiger partial charge in [0.15, 0.2) is 0 Å². The molecule has 0 atom stereocenters. The Hall–Kier alpha value is -2.00.